The van der Waals surface area contributed by atoms with Crippen molar-refractivity contribution in [2.45, 2.75) is 19.4 Å². The number of carbonyl (C=O) groups excluding carboxylic acids is 1. The van der Waals surface area contributed by atoms with Gasteiger partial charge < -0.3 is 9.64 Å². The molecule has 1 amide bonds. The molecular formula is C24H21BrN2O2. The minimum Gasteiger partial charge on any atom is -0.497 e. The number of fused-ring (bicyclic) bond motifs is 1. The number of benzene rings is 3. The number of para-hydroxylation sites is 2. The van der Waals surface area contributed by atoms with Crippen molar-refractivity contribution in [2.75, 3.05) is 12.0 Å². The van der Waals surface area contributed by atoms with Crippen molar-refractivity contribution >= 4 is 38.9 Å². The fourth-order valence-electron chi connectivity index (χ4n) is 3.70. The molecule has 1 heterocycles. The second-order valence-corrected chi connectivity index (χ2v) is 7.85. The first-order valence-corrected chi connectivity index (χ1v) is 10.2. The molecule has 0 aliphatic carbocycles. The van der Waals surface area contributed by atoms with Gasteiger partial charge in [0.15, 0.2) is 0 Å². The van der Waals surface area contributed by atoms with Crippen LogP contribution < -0.4 is 9.64 Å². The quantitative estimate of drug-likeness (QED) is 0.487. The Hall–Kier alpha value is -2.92. The van der Waals surface area contributed by atoms with E-state index in [1.54, 1.807) is 14.0 Å². The number of aliphatic imine (C=N–C) groups is 1. The number of rotatable bonds is 3. The van der Waals surface area contributed by atoms with Gasteiger partial charge in [0.2, 0.25) is 5.91 Å². The number of hydrogen-bond acceptors (Lipinski definition) is 3. The number of methoxy groups -OCH3 is 1. The summed E-state index contributed by atoms with van der Waals surface area (Å²) in [4.78, 5) is 19.6. The fraction of sp³-hybridized carbons (Fsp3) is 0.167. The minimum atomic E-state index is -0.163. The third kappa shape index (κ3) is 3.96. The normalized spacial score (nSPS) is 15.9. The molecule has 0 N–H and O–H groups in total. The van der Waals surface area contributed by atoms with Gasteiger partial charge in [0, 0.05) is 17.8 Å². The van der Waals surface area contributed by atoms with E-state index in [9.17, 15) is 4.79 Å². The Balaban J connectivity index is 1.87. The molecule has 0 saturated heterocycles. The van der Waals surface area contributed by atoms with E-state index in [-0.39, 0.29) is 11.9 Å². The molecular weight excluding hydrogens is 428 g/mol. The molecule has 0 unspecified atom stereocenters. The van der Waals surface area contributed by atoms with E-state index in [2.05, 4.69) is 28.1 Å². The number of amides is 1. The van der Waals surface area contributed by atoms with E-state index in [0.29, 0.717) is 6.42 Å². The van der Waals surface area contributed by atoms with E-state index in [4.69, 9.17) is 9.73 Å². The van der Waals surface area contributed by atoms with Crippen LogP contribution in [-0.4, -0.2) is 18.7 Å². The lowest BCUT2D eigenvalue weighted by Gasteiger charge is -2.30. The molecule has 3 aromatic rings. The number of anilines is 1. The molecule has 0 fully saturated rings. The van der Waals surface area contributed by atoms with Crippen molar-refractivity contribution < 1.29 is 9.53 Å². The van der Waals surface area contributed by atoms with Crippen molar-refractivity contribution in [2.24, 2.45) is 4.99 Å². The van der Waals surface area contributed by atoms with Gasteiger partial charge in [-0.2, -0.15) is 0 Å². The van der Waals surface area contributed by atoms with Crippen molar-refractivity contribution in [1.82, 2.24) is 0 Å². The maximum absolute atomic E-state index is 12.8. The standard InChI is InChI=1S/C24H21BrN2O2/c1-16(28)27-23-6-4-3-5-21(23)26-22(17-7-11-19(25)12-8-17)15-24(27)18-9-13-20(29-2)14-10-18/h3-14,24H,15H2,1-2H3/t24-/m1/s1. The average Bonchev–Trinajstić information content (AvgIpc) is 2.91. The lowest BCUT2D eigenvalue weighted by atomic mass is 9.95. The molecule has 29 heavy (non-hydrogen) atoms. The molecule has 0 aromatic heterocycles. The summed E-state index contributed by atoms with van der Waals surface area (Å²) < 4.78 is 6.33. The number of ether oxygens (including phenoxy) is 1. The topological polar surface area (TPSA) is 41.9 Å². The monoisotopic (exact) mass is 448 g/mol. The van der Waals surface area contributed by atoms with E-state index < -0.39 is 0 Å². The Bertz CT molecular complexity index is 1060. The molecule has 4 rings (SSSR count). The average molecular weight is 449 g/mol. The summed E-state index contributed by atoms with van der Waals surface area (Å²) in [6.07, 6.45) is 0.613. The minimum absolute atomic E-state index is 0.00877. The van der Waals surface area contributed by atoms with E-state index in [1.807, 2.05) is 65.6 Å². The second kappa shape index (κ2) is 8.21. The van der Waals surface area contributed by atoms with Crippen LogP contribution in [0.1, 0.15) is 30.5 Å². The summed E-state index contributed by atoms with van der Waals surface area (Å²) in [6.45, 7) is 1.61. The molecule has 3 aromatic carbocycles. The maximum Gasteiger partial charge on any atom is 0.224 e. The third-order valence-electron chi connectivity index (χ3n) is 5.11. The fourth-order valence-corrected chi connectivity index (χ4v) is 3.97. The van der Waals surface area contributed by atoms with Gasteiger partial charge in [-0.3, -0.25) is 9.79 Å². The SMILES string of the molecule is COc1ccc([C@H]2CC(c3ccc(Br)cc3)=Nc3ccccc3N2C(C)=O)cc1. The van der Waals surface area contributed by atoms with Crippen LogP contribution in [0.5, 0.6) is 5.75 Å². The van der Waals surface area contributed by atoms with E-state index in [0.717, 1.165) is 38.4 Å². The molecule has 5 heteroatoms. The Morgan fingerprint density at radius 1 is 1.03 bits per heavy atom. The highest BCUT2D eigenvalue weighted by Gasteiger charge is 2.30. The zero-order valence-electron chi connectivity index (χ0n) is 16.3. The zero-order chi connectivity index (χ0) is 20.4. The van der Waals surface area contributed by atoms with E-state index in [1.165, 1.54) is 0 Å². The van der Waals surface area contributed by atoms with Crippen LogP contribution in [0.15, 0.2) is 82.3 Å². The summed E-state index contributed by atoms with van der Waals surface area (Å²) >= 11 is 3.50. The molecule has 1 aliphatic rings. The molecule has 4 nitrogen and oxygen atoms in total. The summed E-state index contributed by atoms with van der Waals surface area (Å²) in [5.74, 6) is 0.782. The first-order chi connectivity index (χ1) is 14.1. The first-order valence-electron chi connectivity index (χ1n) is 9.43. The second-order valence-electron chi connectivity index (χ2n) is 6.94. The highest BCUT2D eigenvalue weighted by Crippen LogP contribution is 2.41. The summed E-state index contributed by atoms with van der Waals surface area (Å²) in [5, 5.41) is 0. The highest BCUT2D eigenvalue weighted by atomic mass is 79.9. The van der Waals surface area contributed by atoms with Crippen molar-refractivity contribution in [3.05, 3.63) is 88.4 Å². The lowest BCUT2D eigenvalue weighted by molar-refractivity contribution is -0.117. The van der Waals surface area contributed by atoms with Crippen LogP contribution in [0.2, 0.25) is 0 Å². The number of carbonyl (C=O) groups is 1. The largest absolute Gasteiger partial charge is 0.497 e. The molecule has 0 spiro atoms. The Morgan fingerprint density at radius 2 is 1.72 bits per heavy atom. The highest BCUT2D eigenvalue weighted by molar-refractivity contribution is 9.10. The van der Waals surface area contributed by atoms with Gasteiger partial charge in [-0.25, -0.2) is 0 Å². The van der Waals surface area contributed by atoms with Crippen LogP contribution in [-0.2, 0) is 4.79 Å². The van der Waals surface area contributed by atoms with E-state index >= 15 is 0 Å². The first kappa shape index (κ1) is 19.4. The Labute approximate surface area is 179 Å². The van der Waals surface area contributed by atoms with Crippen LogP contribution in [0.3, 0.4) is 0 Å². The van der Waals surface area contributed by atoms with Crippen LogP contribution in [0.4, 0.5) is 11.4 Å². The molecule has 0 bridgehead atoms. The van der Waals surface area contributed by atoms with Crippen molar-refractivity contribution in [1.29, 1.82) is 0 Å². The predicted octanol–water partition coefficient (Wildman–Crippen LogP) is 6.08. The van der Waals surface area contributed by atoms with Crippen molar-refractivity contribution in [3.63, 3.8) is 0 Å². The van der Waals surface area contributed by atoms with Gasteiger partial charge in [0.05, 0.1) is 30.2 Å². The number of halogens is 1. The van der Waals surface area contributed by atoms with Gasteiger partial charge in [-0.15, -0.1) is 0 Å². The zero-order valence-corrected chi connectivity index (χ0v) is 17.9. The number of nitrogens with zero attached hydrogens (tertiary/aromatic N) is 2. The van der Waals surface area contributed by atoms with Crippen LogP contribution in [0, 0.1) is 0 Å². The summed E-state index contributed by atoms with van der Waals surface area (Å²) in [6, 6.07) is 23.7. The Kier molecular flexibility index (Phi) is 5.49. The van der Waals surface area contributed by atoms with Gasteiger partial charge in [-0.1, -0.05) is 52.3 Å². The molecule has 0 saturated carbocycles. The van der Waals surface area contributed by atoms with Gasteiger partial charge >= 0.3 is 0 Å². The lowest BCUT2D eigenvalue weighted by Crippen LogP contribution is -2.33. The van der Waals surface area contributed by atoms with Gasteiger partial charge in [0.25, 0.3) is 0 Å². The number of hydrogen-bond donors (Lipinski definition) is 0. The summed E-state index contributed by atoms with van der Waals surface area (Å²) in [5.41, 5.74) is 4.67. The Morgan fingerprint density at radius 3 is 2.38 bits per heavy atom. The summed E-state index contributed by atoms with van der Waals surface area (Å²) in [7, 11) is 1.65. The van der Waals surface area contributed by atoms with Gasteiger partial charge in [0.1, 0.15) is 5.75 Å². The molecule has 1 aliphatic heterocycles. The molecule has 146 valence electrons. The third-order valence-corrected chi connectivity index (χ3v) is 5.64. The smallest absolute Gasteiger partial charge is 0.224 e. The molecule has 1 atom stereocenters. The van der Waals surface area contributed by atoms with Gasteiger partial charge in [-0.05, 0) is 47.5 Å². The predicted molar refractivity (Wildman–Crippen MR) is 120 cm³/mol. The van der Waals surface area contributed by atoms with Crippen LogP contribution in [0.25, 0.3) is 0 Å². The van der Waals surface area contributed by atoms with Crippen LogP contribution >= 0.6 is 15.9 Å². The maximum atomic E-state index is 12.8. The van der Waals surface area contributed by atoms with Crippen molar-refractivity contribution in [3.8, 4) is 5.75 Å². The molecule has 0 radical (unpaired) electrons.